The van der Waals surface area contributed by atoms with Crippen molar-refractivity contribution in [3.05, 3.63) is 23.8 Å². The molecule has 0 aliphatic heterocycles. The Hall–Kier alpha value is -1.75. The summed E-state index contributed by atoms with van der Waals surface area (Å²) in [5.74, 6) is -0.448. The van der Waals surface area contributed by atoms with Crippen LogP contribution in [0.1, 0.15) is 37.0 Å². The van der Waals surface area contributed by atoms with Gasteiger partial charge in [0.15, 0.2) is 0 Å². The highest BCUT2D eigenvalue weighted by Crippen LogP contribution is 2.23. The van der Waals surface area contributed by atoms with E-state index in [1.165, 1.54) is 18.2 Å². The first kappa shape index (κ1) is 16.3. The molecule has 0 unspecified atom stereocenters. The molecule has 0 aliphatic carbocycles. The summed E-state index contributed by atoms with van der Waals surface area (Å²) in [6.45, 7) is 4.99. The molecule has 1 rings (SSSR count). The number of carbonyl (C=O) groups excluding carboxylic acids is 1. The highest BCUT2D eigenvalue weighted by molar-refractivity contribution is 5.95. The first-order valence-electron chi connectivity index (χ1n) is 6.86. The largest absolute Gasteiger partial charge is 0.508 e. The lowest BCUT2D eigenvalue weighted by Crippen LogP contribution is -2.41. The van der Waals surface area contributed by atoms with Crippen LogP contribution in [0.4, 0.5) is 0 Å². The van der Waals surface area contributed by atoms with E-state index in [1.54, 1.807) is 12.0 Å². The zero-order chi connectivity index (χ0) is 15.1. The Kier molecular flexibility index (Phi) is 6.31. The van der Waals surface area contributed by atoms with Crippen molar-refractivity contribution in [3.8, 4) is 11.5 Å². The van der Waals surface area contributed by atoms with Gasteiger partial charge in [-0.05, 0) is 25.0 Å². The number of aromatic hydroxyl groups is 2. The van der Waals surface area contributed by atoms with Gasteiger partial charge in [-0.25, -0.2) is 0 Å². The number of methoxy groups -OCH3 is 1. The third-order valence-corrected chi connectivity index (χ3v) is 3.33. The zero-order valence-corrected chi connectivity index (χ0v) is 12.3. The average Bonchev–Trinajstić information content (AvgIpc) is 2.41. The number of amides is 1. The lowest BCUT2D eigenvalue weighted by molar-refractivity contribution is 0.0588. The van der Waals surface area contributed by atoms with Gasteiger partial charge in [-0.2, -0.15) is 0 Å². The Labute approximate surface area is 119 Å². The number of benzene rings is 1. The summed E-state index contributed by atoms with van der Waals surface area (Å²) in [7, 11) is 1.59. The van der Waals surface area contributed by atoms with Gasteiger partial charge in [0.1, 0.15) is 11.5 Å². The molecule has 0 radical (unpaired) electrons. The smallest absolute Gasteiger partial charge is 0.254 e. The van der Waals surface area contributed by atoms with Crippen molar-refractivity contribution in [1.82, 2.24) is 4.90 Å². The summed E-state index contributed by atoms with van der Waals surface area (Å²) in [5.41, 5.74) is 0.283. The van der Waals surface area contributed by atoms with Gasteiger partial charge in [0.25, 0.3) is 5.91 Å². The molecule has 0 saturated heterocycles. The third-order valence-electron chi connectivity index (χ3n) is 3.33. The van der Waals surface area contributed by atoms with Crippen molar-refractivity contribution in [2.24, 2.45) is 0 Å². The minimum atomic E-state index is -0.207. The monoisotopic (exact) mass is 281 g/mol. The van der Waals surface area contributed by atoms with Crippen molar-refractivity contribution >= 4 is 5.91 Å². The van der Waals surface area contributed by atoms with Crippen molar-refractivity contribution in [2.45, 2.75) is 32.7 Å². The van der Waals surface area contributed by atoms with E-state index in [1.807, 2.05) is 13.8 Å². The van der Waals surface area contributed by atoms with Gasteiger partial charge < -0.3 is 19.8 Å². The van der Waals surface area contributed by atoms with Crippen LogP contribution in [0, 0.1) is 0 Å². The molecule has 112 valence electrons. The van der Waals surface area contributed by atoms with Gasteiger partial charge in [0, 0.05) is 31.3 Å². The molecule has 0 aliphatic rings. The Bertz CT molecular complexity index is 423. The molecule has 0 atom stereocenters. The summed E-state index contributed by atoms with van der Waals surface area (Å²) in [4.78, 5) is 14.3. The first-order chi connectivity index (χ1) is 9.53. The number of phenolic OH excluding ortho intramolecular Hbond substituents is 2. The Morgan fingerprint density at radius 3 is 2.20 bits per heavy atom. The van der Waals surface area contributed by atoms with Crippen LogP contribution in [0.25, 0.3) is 0 Å². The lowest BCUT2D eigenvalue weighted by atomic mass is 10.1. The number of ether oxygens (including phenoxy) is 1. The molecule has 1 amide bonds. The number of phenols is 2. The van der Waals surface area contributed by atoms with Crippen molar-refractivity contribution in [1.29, 1.82) is 0 Å². The summed E-state index contributed by atoms with van der Waals surface area (Å²) >= 11 is 0. The fourth-order valence-corrected chi connectivity index (χ4v) is 2.25. The predicted octanol–water partition coefficient (Wildman–Crippen LogP) is 2.38. The molecule has 0 heterocycles. The van der Waals surface area contributed by atoms with Crippen molar-refractivity contribution < 1.29 is 19.7 Å². The first-order valence-corrected chi connectivity index (χ1v) is 6.86. The van der Waals surface area contributed by atoms with E-state index in [0.29, 0.717) is 13.2 Å². The van der Waals surface area contributed by atoms with Crippen molar-refractivity contribution in [2.75, 3.05) is 20.3 Å². The highest BCUT2D eigenvalue weighted by atomic mass is 16.5. The van der Waals surface area contributed by atoms with Crippen LogP contribution in [0.15, 0.2) is 18.2 Å². The van der Waals surface area contributed by atoms with Crippen LogP contribution >= 0.6 is 0 Å². The molecule has 20 heavy (non-hydrogen) atoms. The quantitative estimate of drug-likeness (QED) is 0.805. The summed E-state index contributed by atoms with van der Waals surface area (Å²) in [6, 6.07) is 4.05. The molecule has 0 aromatic heterocycles. The zero-order valence-electron chi connectivity index (χ0n) is 12.3. The van der Waals surface area contributed by atoms with Crippen molar-refractivity contribution in [3.63, 3.8) is 0 Å². The van der Waals surface area contributed by atoms with Gasteiger partial charge >= 0.3 is 0 Å². The van der Waals surface area contributed by atoms with E-state index in [9.17, 15) is 15.0 Å². The number of nitrogens with zero attached hydrogens (tertiary/aromatic N) is 1. The Balaban J connectivity index is 3.02. The molecule has 0 saturated carbocycles. The Morgan fingerprint density at radius 2 is 1.75 bits per heavy atom. The van der Waals surface area contributed by atoms with E-state index < -0.39 is 0 Å². The molecular weight excluding hydrogens is 258 g/mol. The van der Waals surface area contributed by atoms with E-state index in [0.717, 1.165) is 12.8 Å². The van der Waals surface area contributed by atoms with E-state index in [-0.39, 0.29) is 29.0 Å². The normalized spacial score (nSPS) is 10.8. The number of rotatable bonds is 7. The van der Waals surface area contributed by atoms with Crippen LogP contribution in [0.5, 0.6) is 11.5 Å². The standard InChI is InChI=1S/C15H23NO4/c1-4-12(5-2)16(6-7-20-3)15(19)11-8-13(17)10-14(18)9-11/h8-10,12,17-18H,4-7H2,1-3H3. The van der Waals surface area contributed by atoms with Crippen LogP contribution in [0.2, 0.25) is 0 Å². The number of hydrogen-bond acceptors (Lipinski definition) is 4. The number of carbonyl (C=O) groups is 1. The maximum Gasteiger partial charge on any atom is 0.254 e. The average molecular weight is 281 g/mol. The lowest BCUT2D eigenvalue weighted by Gasteiger charge is -2.30. The minimum Gasteiger partial charge on any atom is -0.508 e. The van der Waals surface area contributed by atoms with Crippen LogP contribution < -0.4 is 0 Å². The fourth-order valence-electron chi connectivity index (χ4n) is 2.25. The highest BCUT2D eigenvalue weighted by Gasteiger charge is 2.22. The molecular formula is C15H23NO4. The molecule has 5 heteroatoms. The van der Waals surface area contributed by atoms with Crippen LogP contribution in [-0.2, 0) is 4.74 Å². The van der Waals surface area contributed by atoms with Crippen LogP contribution in [0.3, 0.4) is 0 Å². The molecule has 0 spiro atoms. The van der Waals surface area contributed by atoms with E-state index in [4.69, 9.17) is 4.74 Å². The van der Waals surface area contributed by atoms with Gasteiger partial charge in [0.05, 0.1) is 6.61 Å². The maximum atomic E-state index is 12.6. The summed E-state index contributed by atoms with van der Waals surface area (Å²) < 4.78 is 5.05. The van der Waals surface area contributed by atoms with Crippen LogP contribution in [-0.4, -0.2) is 47.3 Å². The SMILES string of the molecule is CCC(CC)N(CCOC)C(=O)c1cc(O)cc(O)c1. The molecule has 1 aromatic rings. The van der Waals surface area contributed by atoms with E-state index >= 15 is 0 Å². The second kappa shape index (κ2) is 7.75. The molecule has 2 N–H and O–H groups in total. The summed E-state index contributed by atoms with van der Waals surface area (Å²) in [5, 5.41) is 19.0. The predicted molar refractivity (Wildman–Crippen MR) is 77.1 cm³/mol. The second-order valence-electron chi connectivity index (χ2n) is 4.70. The fraction of sp³-hybridized carbons (Fsp3) is 0.533. The molecule has 0 fully saturated rings. The van der Waals surface area contributed by atoms with Gasteiger partial charge in [-0.15, -0.1) is 0 Å². The topological polar surface area (TPSA) is 70.0 Å². The third kappa shape index (κ3) is 4.13. The molecule has 0 bridgehead atoms. The summed E-state index contributed by atoms with van der Waals surface area (Å²) in [6.07, 6.45) is 1.69. The van der Waals surface area contributed by atoms with Gasteiger partial charge in [-0.1, -0.05) is 13.8 Å². The van der Waals surface area contributed by atoms with E-state index in [2.05, 4.69) is 0 Å². The van der Waals surface area contributed by atoms with Gasteiger partial charge in [0.2, 0.25) is 0 Å². The number of hydrogen-bond donors (Lipinski definition) is 2. The second-order valence-corrected chi connectivity index (χ2v) is 4.70. The molecule has 5 nitrogen and oxygen atoms in total. The Morgan fingerprint density at radius 1 is 1.20 bits per heavy atom. The minimum absolute atomic E-state index is 0.113. The van der Waals surface area contributed by atoms with Gasteiger partial charge in [-0.3, -0.25) is 4.79 Å². The maximum absolute atomic E-state index is 12.6. The molecule has 1 aromatic carbocycles.